The first-order valence-electron chi connectivity index (χ1n) is 6.91. The van der Waals surface area contributed by atoms with Gasteiger partial charge in [-0.3, -0.25) is 4.79 Å². The Morgan fingerprint density at radius 3 is 2.29 bits per heavy atom. The van der Waals surface area contributed by atoms with Crippen LogP contribution in [0.5, 0.6) is 0 Å². The molecule has 1 amide bonds. The van der Waals surface area contributed by atoms with Gasteiger partial charge in [0.15, 0.2) is 0 Å². The Bertz CT molecular complexity index is 563. The minimum Gasteiger partial charge on any atom is -0.380 e. The van der Waals surface area contributed by atoms with Crippen LogP contribution in [0.1, 0.15) is 6.42 Å². The van der Waals surface area contributed by atoms with Crippen LogP contribution in [0, 0.1) is 0 Å². The Morgan fingerprint density at radius 2 is 1.71 bits per heavy atom. The van der Waals surface area contributed by atoms with E-state index in [1.165, 1.54) is 0 Å². The molecule has 0 radical (unpaired) electrons. The van der Waals surface area contributed by atoms with Crippen molar-refractivity contribution in [1.29, 1.82) is 0 Å². The molecular weight excluding hydrogens is 264 g/mol. The smallest absolute Gasteiger partial charge is 0.227 e. The van der Waals surface area contributed by atoms with E-state index in [0.717, 1.165) is 16.8 Å². The van der Waals surface area contributed by atoms with Gasteiger partial charge in [0.2, 0.25) is 5.91 Å². The molecule has 0 aliphatic heterocycles. The third-order valence-electron chi connectivity index (χ3n) is 3.29. The third kappa shape index (κ3) is 4.41. The zero-order chi connectivity index (χ0) is 15.1. The maximum absolute atomic E-state index is 11.8. The highest BCUT2D eigenvalue weighted by molar-refractivity contribution is 5.91. The summed E-state index contributed by atoms with van der Waals surface area (Å²) in [4.78, 5) is 11.8. The van der Waals surface area contributed by atoms with Gasteiger partial charge in [-0.15, -0.1) is 0 Å². The molecular formula is C17H20N2O2. The summed E-state index contributed by atoms with van der Waals surface area (Å²) in [5.41, 5.74) is 8.54. The number of anilines is 1. The van der Waals surface area contributed by atoms with E-state index >= 15 is 0 Å². The first-order valence-corrected chi connectivity index (χ1v) is 6.91. The predicted molar refractivity (Wildman–Crippen MR) is 85.0 cm³/mol. The average Bonchev–Trinajstić information content (AvgIpc) is 2.54. The maximum atomic E-state index is 11.8. The van der Waals surface area contributed by atoms with Gasteiger partial charge < -0.3 is 15.8 Å². The topological polar surface area (TPSA) is 64.3 Å². The molecule has 0 aliphatic carbocycles. The van der Waals surface area contributed by atoms with Crippen molar-refractivity contribution in [1.82, 2.24) is 0 Å². The fourth-order valence-corrected chi connectivity index (χ4v) is 2.06. The van der Waals surface area contributed by atoms with Crippen LogP contribution in [0.2, 0.25) is 0 Å². The second kappa shape index (κ2) is 7.57. The highest BCUT2D eigenvalue weighted by atomic mass is 16.5. The summed E-state index contributed by atoms with van der Waals surface area (Å²) >= 11 is 0. The number of nitrogens with two attached hydrogens (primary N) is 1. The predicted octanol–water partition coefficient (Wildman–Crippen LogP) is 2.66. The van der Waals surface area contributed by atoms with E-state index < -0.39 is 0 Å². The summed E-state index contributed by atoms with van der Waals surface area (Å²) in [5.74, 6) is -0.0974. The molecule has 4 heteroatoms. The van der Waals surface area contributed by atoms with E-state index in [1.54, 1.807) is 7.11 Å². The number of rotatable bonds is 6. The largest absolute Gasteiger partial charge is 0.380 e. The Kier molecular flexibility index (Phi) is 5.49. The maximum Gasteiger partial charge on any atom is 0.227 e. The molecule has 4 nitrogen and oxygen atoms in total. The molecule has 2 aromatic rings. The molecule has 0 saturated heterocycles. The van der Waals surface area contributed by atoms with Gasteiger partial charge in [0.1, 0.15) is 0 Å². The van der Waals surface area contributed by atoms with Gasteiger partial charge in [0.05, 0.1) is 12.5 Å². The van der Waals surface area contributed by atoms with E-state index in [1.807, 2.05) is 42.5 Å². The van der Waals surface area contributed by atoms with E-state index in [2.05, 4.69) is 17.4 Å². The Balaban J connectivity index is 1.98. The summed E-state index contributed by atoms with van der Waals surface area (Å²) < 4.78 is 5.10. The molecule has 0 bridgehead atoms. The number of nitrogens with one attached hydrogen (secondary N) is 1. The van der Waals surface area contributed by atoms with Crippen molar-refractivity contribution < 1.29 is 9.53 Å². The number of amides is 1. The van der Waals surface area contributed by atoms with Crippen molar-refractivity contribution in [2.24, 2.45) is 5.73 Å². The quantitative estimate of drug-likeness (QED) is 0.857. The summed E-state index contributed by atoms with van der Waals surface area (Å²) in [6, 6.07) is 17.9. The molecule has 1 unspecified atom stereocenters. The average molecular weight is 284 g/mol. The number of carbonyl (C=O) groups is 1. The lowest BCUT2D eigenvalue weighted by Crippen LogP contribution is -2.28. The van der Waals surface area contributed by atoms with E-state index in [9.17, 15) is 4.79 Å². The standard InChI is InChI=1S/C17H20N2O2/c1-21-16(12-18)11-17(20)19-15-9-7-14(8-10-15)13-5-3-2-4-6-13/h2-10,16H,11-12,18H2,1H3,(H,19,20). The van der Waals surface area contributed by atoms with Gasteiger partial charge in [0.25, 0.3) is 0 Å². The molecule has 0 fully saturated rings. The molecule has 1 atom stereocenters. The molecule has 0 aromatic heterocycles. The van der Waals surface area contributed by atoms with Gasteiger partial charge in [-0.25, -0.2) is 0 Å². The molecule has 0 spiro atoms. The summed E-state index contributed by atoms with van der Waals surface area (Å²) in [7, 11) is 1.56. The molecule has 0 aliphatic rings. The molecule has 110 valence electrons. The van der Waals surface area contributed by atoms with Crippen molar-refractivity contribution in [2.75, 3.05) is 19.0 Å². The SMILES string of the molecule is COC(CN)CC(=O)Nc1ccc(-c2ccccc2)cc1. The number of benzene rings is 2. The second-order valence-electron chi connectivity index (χ2n) is 4.79. The van der Waals surface area contributed by atoms with Crippen molar-refractivity contribution in [3.8, 4) is 11.1 Å². The lowest BCUT2D eigenvalue weighted by atomic mass is 10.1. The Hall–Kier alpha value is -2.17. The van der Waals surface area contributed by atoms with Gasteiger partial charge in [-0.2, -0.15) is 0 Å². The monoisotopic (exact) mass is 284 g/mol. The van der Waals surface area contributed by atoms with Crippen molar-refractivity contribution in [2.45, 2.75) is 12.5 Å². The number of ether oxygens (including phenoxy) is 1. The Labute approximate surface area is 124 Å². The van der Waals surface area contributed by atoms with Crippen LogP contribution < -0.4 is 11.1 Å². The summed E-state index contributed by atoms with van der Waals surface area (Å²) in [6.45, 7) is 0.330. The molecule has 2 rings (SSSR count). The molecule has 21 heavy (non-hydrogen) atoms. The van der Waals surface area contributed by atoms with Gasteiger partial charge in [-0.1, -0.05) is 42.5 Å². The fourth-order valence-electron chi connectivity index (χ4n) is 2.06. The lowest BCUT2D eigenvalue weighted by molar-refractivity contribution is -0.118. The first-order chi connectivity index (χ1) is 10.2. The van der Waals surface area contributed by atoms with Crippen molar-refractivity contribution in [3.63, 3.8) is 0 Å². The van der Waals surface area contributed by atoms with E-state index in [4.69, 9.17) is 10.5 Å². The third-order valence-corrected chi connectivity index (χ3v) is 3.29. The van der Waals surface area contributed by atoms with Crippen LogP contribution in [0.3, 0.4) is 0 Å². The number of hydrogen-bond donors (Lipinski definition) is 2. The van der Waals surface area contributed by atoms with Crippen molar-refractivity contribution in [3.05, 3.63) is 54.6 Å². The highest BCUT2D eigenvalue weighted by Crippen LogP contribution is 2.21. The number of hydrogen-bond acceptors (Lipinski definition) is 3. The van der Waals surface area contributed by atoms with Crippen LogP contribution in [0.25, 0.3) is 11.1 Å². The molecule has 2 aromatic carbocycles. The van der Waals surface area contributed by atoms with Crippen LogP contribution in [0.15, 0.2) is 54.6 Å². The van der Waals surface area contributed by atoms with Gasteiger partial charge in [0, 0.05) is 19.3 Å². The van der Waals surface area contributed by atoms with Crippen LogP contribution in [-0.4, -0.2) is 25.7 Å². The van der Waals surface area contributed by atoms with E-state index in [0.29, 0.717) is 6.54 Å². The molecule has 3 N–H and O–H groups in total. The molecule has 0 saturated carbocycles. The summed E-state index contributed by atoms with van der Waals surface area (Å²) in [5, 5.41) is 2.85. The van der Waals surface area contributed by atoms with Crippen molar-refractivity contribution >= 4 is 11.6 Å². The zero-order valence-corrected chi connectivity index (χ0v) is 12.1. The lowest BCUT2D eigenvalue weighted by Gasteiger charge is -2.12. The first kappa shape index (κ1) is 15.2. The molecule has 0 heterocycles. The second-order valence-corrected chi connectivity index (χ2v) is 4.79. The zero-order valence-electron chi connectivity index (χ0n) is 12.1. The minimum atomic E-state index is -0.242. The van der Waals surface area contributed by atoms with Crippen LogP contribution >= 0.6 is 0 Å². The van der Waals surface area contributed by atoms with Crippen LogP contribution in [-0.2, 0) is 9.53 Å². The normalized spacial score (nSPS) is 11.9. The van der Waals surface area contributed by atoms with Crippen LogP contribution in [0.4, 0.5) is 5.69 Å². The van der Waals surface area contributed by atoms with E-state index in [-0.39, 0.29) is 18.4 Å². The number of methoxy groups -OCH3 is 1. The minimum absolute atomic E-state index is 0.0974. The number of carbonyl (C=O) groups excluding carboxylic acids is 1. The highest BCUT2D eigenvalue weighted by Gasteiger charge is 2.11. The summed E-state index contributed by atoms with van der Waals surface area (Å²) in [6.07, 6.45) is 0.0153. The van der Waals surface area contributed by atoms with Gasteiger partial charge >= 0.3 is 0 Å². The Morgan fingerprint density at radius 1 is 1.10 bits per heavy atom. The fraction of sp³-hybridized carbons (Fsp3) is 0.235. The van der Waals surface area contributed by atoms with Gasteiger partial charge in [-0.05, 0) is 23.3 Å².